The summed E-state index contributed by atoms with van der Waals surface area (Å²) in [4.78, 5) is 25.4. The van der Waals surface area contributed by atoms with Gasteiger partial charge in [0.25, 0.3) is 0 Å². The second kappa shape index (κ2) is 17.5. The van der Waals surface area contributed by atoms with Crippen LogP contribution in [0.2, 0.25) is 0 Å². The fourth-order valence-electron chi connectivity index (χ4n) is 3.26. The molecule has 6 nitrogen and oxygen atoms in total. The average Bonchev–Trinajstić information content (AvgIpc) is 3.20. The molecule has 184 valence electrons. The molecule has 0 spiro atoms. The van der Waals surface area contributed by atoms with Crippen LogP contribution in [0.5, 0.6) is 0 Å². The number of aromatic amines is 1. The molecule has 0 amide bonds. The number of nitrogens with one attached hydrogen (secondary N) is 1. The Bertz CT molecular complexity index is 707. The van der Waals surface area contributed by atoms with Crippen LogP contribution in [0.1, 0.15) is 91.9 Å². The molecule has 0 radical (unpaired) electrons. The highest BCUT2D eigenvalue weighted by Gasteiger charge is 2.28. The van der Waals surface area contributed by atoms with Gasteiger partial charge in [-0.05, 0) is 36.9 Å². The summed E-state index contributed by atoms with van der Waals surface area (Å²) in [7, 11) is 0. The molecule has 1 N–H and O–H groups in total. The monoisotopic (exact) mass is 504 g/mol. The number of esters is 2. The minimum atomic E-state index is -0.694. The predicted octanol–water partition coefficient (Wildman–Crippen LogP) is 6.96. The highest BCUT2D eigenvalue weighted by molar-refractivity contribution is 8.02. The van der Waals surface area contributed by atoms with Crippen LogP contribution in [0.4, 0.5) is 0 Å². The van der Waals surface area contributed by atoms with Crippen molar-refractivity contribution in [2.75, 3.05) is 13.2 Å². The zero-order valence-electron chi connectivity index (χ0n) is 20.0. The molecule has 1 rings (SSSR count). The van der Waals surface area contributed by atoms with Crippen LogP contribution in [0.15, 0.2) is 4.34 Å². The normalized spacial score (nSPS) is 14.0. The molecule has 3 unspecified atom stereocenters. The summed E-state index contributed by atoms with van der Waals surface area (Å²) in [5, 5.41) is 6.14. The van der Waals surface area contributed by atoms with Crippen LogP contribution >= 0.6 is 35.3 Å². The highest BCUT2D eigenvalue weighted by Crippen LogP contribution is 2.29. The average molecular weight is 505 g/mol. The van der Waals surface area contributed by atoms with Gasteiger partial charge in [-0.1, -0.05) is 95.7 Å². The number of nitrogens with zero attached hydrogens (tertiary/aromatic N) is 1. The Morgan fingerprint density at radius 2 is 1.62 bits per heavy atom. The molecule has 0 saturated carbocycles. The van der Waals surface area contributed by atoms with Crippen molar-refractivity contribution < 1.29 is 19.1 Å². The summed E-state index contributed by atoms with van der Waals surface area (Å²) in [6.07, 6.45) is 9.77. The molecule has 1 heterocycles. The van der Waals surface area contributed by atoms with Crippen LogP contribution in [0, 0.1) is 15.8 Å². The second-order valence-corrected chi connectivity index (χ2v) is 11.3. The zero-order chi connectivity index (χ0) is 23.8. The van der Waals surface area contributed by atoms with Crippen molar-refractivity contribution in [2.24, 2.45) is 11.8 Å². The molecule has 0 saturated heterocycles. The standard InChI is InChI=1S/C23H40N2O4S3/c1-5-9-11-13-18(8-4)15-28-20(26)14-19(31-23-25-24-22(30)32-23)21(27)29-16-17(7-3)12-10-6-2/h17-19H,5-16H2,1-4H3,(H,24,30). The number of H-pyrrole nitrogens is 1. The van der Waals surface area contributed by atoms with Crippen molar-refractivity contribution in [3.8, 4) is 0 Å². The van der Waals surface area contributed by atoms with Gasteiger partial charge in [-0.25, -0.2) is 0 Å². The van der Waals surface area contributed by atoms with Crippen LogP contribution in [-0.2, 0) is 19.1 Å². The smallest absolute Gasteiger partial charge is 0.320 e. The lowest BCUT2D eigenvalue weighted by molar-refractivity contribution is -0.151. The molecule has 0 aliphatic carbocycles. The van der Waals surface area contributed by atoms with Gasteiger partial charge >= 0.3 is 11.9 Å². The van der Waals surface area contributed by atoms with Crippen molar-refractivity contribution in [1.82, 2.24) is 10.2 Å². The Morgan fingerprint density at radius 1 is 1.00 bits per heavy atom. The molecule has 1 aromatic rings. The summed E-state index contributed by atoms with van der Waals surface area (Å²) in [6, 6.07) is 0. The third-order valence-corrected chi connectivity index (χ3v) is 7.91. The first-order valence-corrected chi connectivity index (χ1v) is 14.1. The molecule has 0 aliphatic rings. The molecule has 0 bridgehead atoms. The first-order chi connectivity index (χ1) is 15.4. The summed E-state index contributed by atoms with van der Waals surface area (Å²) >= 11 is 7.59. The van der Waals surface area contributed by atoms with E-state index in [4.69, 9.17) is 21.7 Å². The minimum Gasteiger partial charge on any atom is -0.465 e. The van der Waals surface area contributed by atoms with Gasteiger partial charge in [-0.3, -0.25) is 14.7 Å². The number of rotatable bonds is 18. The van der Waals surface area contributed by atoms with Gasteiger partial charge in [-0.2, -0.15) is 5.10 Å². The molecular weight excluding hydrogens is 464 g/mol. The molecule has 9 heteroatoms. The van der Waals surface area contributed by atoms with E-state index in [2.05, 4.69) is 37.9 Å². The van der Waals surface area contributed by atoms with Crippen molar-refractivity contribution in [1.29, 1.82) is 0 Å². The van der Waals surface area contributed by atoms with E-state index in [-0.39, 0.29) is 12.4 Å². The molecule has 1 aromatic heterocycles. The SMILES string of the molecule is CCCCCC(CC)COC(=O)CC(Sc1n[nH]c(=S)s1)C(=O)OCC(CC)CCCC. The number of carbonyl (C=O) groups is 2. The fourth-order valence-corrected chi connectivity index (χ4v) is 5.56. The van der Waals surface area contributed by atoms with Crippen molar-refractivity contribution in [3.05, 3.63) is 3.95 Å². The Kier molecular flexibility index (Phi) is 15.9. The van der Waals surface area contributed by atoms with E-state index >= 15 is 0 Å². The molecular formula is C23H40N2O4S3. The largest absolute Gasteiger partial charge is 0.465 e. The van der Waals surface area contributed by atoms with E-state index in [1.807, 2.05) is 0 Å². The second-order valence-electron chi connectivity index (χ2n) is 8.19. The Morgan fingerprint density at radius 3 is 2.19 bits per heavy atom. The number of thioether (sulfide) groups is 1. The Hall–Kier alpha value is -0.930. The number of carbonyl (C=O) groups excluding carboxylic acids is 2. The predicted molar refractivity (Wildman–Crippen MR) is 135 cm³/mol. The maximum atomic E-state index is 12.8. The van der Waals surface area contributed by atoms with Crippen LogP contribution in [0.3, 0.4) is 0 Å². The molecule has 32 heavy (non-hydrogen) atoms. The lowest BCUT2D eigenvalue weighted by Gasteiger charge is -2.19. The van der Waals surface area contributed by atoms with Crippen molar-refractivity contribution in [3.63, 3.8) is 0 Å². The first-order valence-electron chi connectivity index (χ1n) is 12.0. The van der Waals surface area contributed by atoms with Gasteiger partial charge in [0.1, 0.15) is 5.25 Å². The van der Waals surface area contributed by atoms with E-state index in [0.29, 0.717) is 33.3 Å². The Labute approximate surface area is 206 Å². The maximum Gasteiger partial charge on any atom is 0.320 e. The van der Waals surface area contributed by atoms with Gasteiger partial charge < -0.3 is 9.47 Å². The van der Waals surface area contributed by atoms with Gasteiger partial charge in [0.15, 0.2) is 8.29 Å². The number of hydrogen-bond acceptors (Lipinski definition) is 8. The number of aromatic nitrogens is 2. The Balaban J connectivity index is 2.66. The number of ether oxygens (including phenoxy) is 2. The van der Waals surface area contributed by atoms with E-state index in [1.54, 1.807) is 0 Å². The third-order valence-electron chi connectivity index (χ3n) is 5.55. The van der Waals surface area contributed by atoms with E-state index in [1.165, 1.54) is 35.9 Å². The van der Waals surface area contributed by atoms with Gasteiger partial charge in [0.2, 0.25) is 0 Å². The molecule has 3 atom stereocenters. The summed E-state index contributed by atoms with van der Waals surface area (Å²) in [5.41, 5.74) is 0. The molecule has 0 aromatic carbocycles. The van der Waals surface area contributed by atoms with Gasteiger partial charge in [0.05, 0.1) is 19.6 Å². The van der Waals surface area contributed by atoms with Crippen molar-refractivity contribution >= 4 is 47.3 Å². The molecule has 0 aliphatic heterocycles. The fraction of sp³-hybridized carbons (Fsp3) is 0.826. The number of hydrogen-bond donors (Lipinski definition) is 1. The molecule has 0 fully saturated rings. The quantitative estimate of drug-likeness (QED) is 0.100. The summed E-state index contributed by atoms with van der Waals surface area (Å²) < 4.78 is 12.3. The highest BCUT2D eigenvalue weighted by atomic mass is 32.2. The van der Waals surface area contributed by atoms with Crippen molar-refractivity contribution in [2.45, 2.75) is 101 Å². The van der Waals surface area contributed by atoms with E-state index in [0.717, 1.165) is 44.9 Å². The van der Waals surface area contributed by atoms with Crippen LogP contribution < -0.4 is 0 Å². The first kappa shape index (κ1) is 29.1. The summed E-state index contributed by atoms with van der Waals surface area (Å²) in [5.74, 6) is -0.0512. The minimum absolute atomic E-state index is 0.0347. The zero-order valence-corrected chi connectivity index (χ0v) is 22.5. The lowest BCUT2D eigenvalue weighted by Crippen LogP contribution is -2.27. The van der Waals surface area contributed by atoms with Crippen LogP contribution in [0.25, 0.3) is 0 Å². The topological polar surface area (TPSA) is 81.3 Å². The number of unbranched alkanes of at least 4 members (excludes halogenated alkanes) is 3. The van der Waals surface area contributed by atoms with Crippen LogP contribution in [-0.4, -0.2) is 40.6 Å². The summed E-state index contributed by atoms with van der Waals surface area (Å²) in [6.45, 7) is 9.35. The van der Waals surface area contributed by atoms with E-state index in [9.17, 15) is 9.59 Å². The maximum absolute atomic E-state index is 12.8. The van der Waals surface area contributed by atoms with Gasteiger partial charge in [0, 0.05) is 0 Å². The van der Waals surface area contributed by atoms with Gasteiger partial charge in [-0.15, -0.1) is 0 Å². The van der Waals surface area contributed by atoms with E-state index < -0.39 is 11.2 Å². The third kappa shape index (κ3) is 12.3. The lowest BCUT2D eigenvalue weighted by atomic mass is 10.00.